The summed E-state index contributed by atoms with van der Waals surface area (Å²) in [6.45, 7) is 3.96. The summed E-state index contributed by atoms with van der Waals surface area (Å²) in [5.74, 6) is 0.744. The Morgan fingerprint density at radius 1 is 1.43 bits per heavy atom. The first-order chi connectivity index (χ1) is 6.74. The highest BCUT2D eigenvalue weighted by Gasteiger charge is 2.26. The Morgan fingerprint density at radius 3 is 2.71 bits per heavy atom. The first-order valence-corrected chi connectivity index (χ1v) is 5.16. The maximum atomic E-state index is 10.5. The quantitative estimate of drug-likeness (QED) is 0.666. The lowest BCUT2D eigenvalue weighted by atomic mass is 9.95. The van der Waals surface area contributed by atoms with E-state index in [1.165, 1.54) is 24.0 Å². The van der Waals surface area contributed by atoms with Gasteiger partial charge in [0.25, 0.3) is 0 Å². The fraction of sp³-hybridized carbons (Fsp3) is 0.500. The second-order valence-corrected chi connectivity index (χ2v) is 4.12. The summed E-state index contributed by atoms with van der Waals surface area (Å²) in [7, 11) is 0. The molecule has 1 atom stereocenters. The van der Waals surface area contributed by atoms with Gasteiger partial charge in [0.05, 0.1) is 0 Å². The third-order valence-corrected chi connectivity index (χ3v) is 3.04. The lowest BCUT2D eigenvalue weighted by molar-refractivity contribution is 0.799. The Labute approximate surface area is 84.3 Å². The fourth-order valence-corrected chi connectivity index (χ4v) is 2.02. The van der Waals surface area contributed by atoms with Crippen LogP contribution in [0.15, 0.2) is 23.4 Å². The molecule has 0 spiro atoms. The Balaban J connectivity index is 2.40. The topological polar surface area (TPSA) is 29.4 Å². The van der Waals surface area contributed by atoms with Gasteiger partial charge < -0.3 is 0 Å². The van der Waals surface area contributed by atoms with Crippen LogP contribution in [0.5, 0.6) is 0 Å². The third-order valence-electron chi connectivity index (χ3n) is 3.04. The van der Waals surface area contributed by atoms with Gasteiger partial charge in [-0.3, -0.25) is 0 Å². The molecular formula is C12H15NO. The Bertz CT molecular complexity index is 355. The molecule has 14 heavy (non-hydrogen) atoms. The van der Waals surface area contributed by atoms with Gasteiger partial charge in [0.15, 0.2) is 0 Å². The molecule has 2 nitrogen and oxygen atoms in total. The van der Waals surface area contributed by atoms with Crippen molar-refractivity contribution in [2.45, 2.75) is 38.6 Å². The van der Waals surface area contributed by atoms with Crippen molar-refractivity contribution in [3.63, 3.8) is 0 Å². The normalized spacial score (nSPS) is 17.9. The molecule has 0 N–H and O–H groups in total. The molecular weight excluding hydrogens is 174 g/mol. The van der Waals surface area contributed by atoms with Gasteiger partial charge >= 0.3 is 0 Å². The average Bonchev–Trinajstić information content (AvgIpc) is 3.01. The number of hydrogen-bond acceptors (Lipinski definition) is 2. The summed E-state index contributed by atoms with van der Waals surface area (Å²) >= 11 is 0. The molecule has 2 heteroatoms. The van der Waals surface area contributed by atoms with Crippen LogP contribution in [0.4, 0.5) is 0 Å². The number of nitroso groups, excluding NO2 is 1. The van der Waals surface area contributed by atoms with Crippen LogP contribution in [0.3, 0.4) is 0 Å². The Hall–Kier alpha value is -1.18. The first-order valence-electron chi connectivity index (χ1n) is 5.16. The van der Waals surface area contributed by atoms with E-state index in [0.717, 1.165) is 11.5 Å². The van der Waals surface area contributed by atoms with Gasteiger partial charge in [-0.2, -0.15) is 4.91 Å². The molecule has 0 radical (unpaired) electrons. The van der Waals surface area contributed by atoms with Crippen LogP contribution in [0.25, 0.3) is 0 Å². The van der Waals surface area contributed by atoms with Crippen molar-refractivity contribution in [2.24, 2.45) is 5.18 Å². The smallest absolute Gasteiger partial charge is 0.114 e. The molecule has 1 aromatic carbocycles. The van der Waals surface area contributed by atoms with E-state index in [1.54, 1.807) is 0 Å². The zero-order valence-electron chi connectivity index (χ0n) is 8.66. The number of rotatable bonds is 3. The maximum absolute atomic E-state index is 10.5. The lowest BCUT2D eigenvalue weighted by Gasteiger charge is -2.11. The van der Waals surface area contributed by atoms with E-state index in [1.807, 2.05) is 19.1 Å². The summed E-state index contributed by atoms with van der Waals surface area (Å²) < 4.78 is 0. The molecule has 0 saturated heterocycles. The minimum Gasteiger partial charge on any atom is -0.150 e. The van der Waals surface area contributed by atoms with Gasteiger partial charge in [0.2, 0.25) is 0 Å². The first kappa shape index (κ1) is 9.38. The van der Waals surface area contributed by atoms with Gasteiger partial charge in [0, 0.05) is 0 Å². The SMILES string of the molecule is Cc1c(C2CC2)cccc1C(C)N=O. The second-order valence-electron chi connectivity index (χ2n) is 4.12. The molecule has 1 fully saturated rings. The predicted octanol–water partition coefficient (Wildman–Crippen LogP) is 3.70. The molecule has 0 aliphatic heterocycles. The summed E-state index contributed by atoms with van der Waals surface area (Å²) in [5.41, 5.74) is 3.77. The lowest BCUT2D eigenvalue weighted by Crippen LogP contribution is -1.96. The maximum Gasteiger partial charge on any atom is 0.114 e. The van der Waals surface area contributed by atoms with Crippen molar-refractivity contribution in [3.8, 4) is 0 Å². The van der Waals surface area contributed by atoms with Crippen LogP contribution in [0.2, 0.25) is 0 Å². The molecule has 1 aromatic rings. The zero-order valence-corrected chi connectivity index (χ0v) is 8.66. The van der Waals surface area contributed by atoms with E-state index < -0.39 is 0 Å². The third kappa shape index (κ3) is 1.57. The highest BCUT2D eigenvalue weighted by Crippen LogP contribution is 2.42. The molecule has 2 rings (SSSR count). The molecule has 1 aliphatic rings. The van der Waals surface area contributed by atoms with Gasteiger partial charge in [-0.15, -0.1) is 0 Å². The average molecular weight is 189 g/mol. The van der Waals surface area contributed by atoms with Crippen LogP contribution in [0.1, 0.15) is 48.4 Å². The second kappa shape index (κ2) is 3.52. The van der Waals surface area contributed by atoms with Crippen LogP contribution in [-0.4, -0.2) is 0 Å². The van der Waals surface area contributed by atoms with Crippen molar-refractivity contribution in [1.29, 1.82) is 0 Å². The number of hydrogen-bond donors (Lipinski definition) is 0. The molecule has 1 aliphatic carbocycles. The minimum atomic E-state index is -0.214. The summed E-state index contributed by atoms with van der Waals surface area (Å²) in [6, 6.07) is 6.01. The van der Waals surface area contributed by atoms with Gasteiger partial charge in [-0.25, -0.2) is 0 Å². The van der Waals surface area contributed by atoms with Gasteiger partial charge in [-0.1, -0.05) is 23.4 Å². The minimum absolute atomic E-state index is 0.214. The van der Waals surface area contributed by atoms with Gasteiger partial charge in [-0.05, 0) is 49.3 Å². The molecule has 0 amide bonds. The van der Waals surface area contributed by atoms with E-state index in [-0.39, 0.29) is 6.04 Å². The van der Waals surface area contributed by atoms with Crippen molar-refractivity contribution >= 4 is 0 Å². The molecule has 1 unspecified atom stereocenters. The van der Waals surface area contributed by atoms with Crippen LogP contribution in [0, 0.1) is 11.8 Å². The van der Waals surface area contributed by atoms with Crippen molar-refractivity contribution in [2.75, 3.05) is 0 Å². The molecule has 0 bridgehead atoms. The van der Waals surface area contributed by atoms with Crippen molar-refractivity contribution in [3.05, 3.63) is 39.8 Å². The van der Waals surface area contributed by atoms with Gasteiger partial charge in [0.1, 0.15) is 6.04 Å². The monoisotopic (exact) mass is 189 g/mol. The van der Waals surface area contributed by atoms with Crippen molar-refractivity contribution in [1.82, 2.24) is 0 Å². The highest BCUT2D eigenvalue weighted by molar-refractivity contribution is 5.39. The van der Waals surface area contributed by atoms with Crippen LogP contribution < -0.4 is 0 Å². The highest BCUT2D eigenvalue weighted by atomic mass is 16.3. The van der Waals surface area contributed by atoms with Crippen LogP contribution >= 0.6 is 0 Å². The van der Waals surface area contributed by atoms with Crippen LogP contribution in [-0.2, 0) is 0 Å². The fourth-order valence-electron chi connectivity index (χ4n) is 2.02. The summed E-state index contributed by atoms with van der Waals surface area (Å²) in [6.07, 6.45) is 2.60. The Kier molecular flexibility index (Phi) is 2.36. The largest absolute Gasteiger partial charge is 0.150 e. The summed E-state index contributed by atoms with van der Waals surface area (Å²) in [4.78, 5) is 10.5. The molecule has 0 heterocycles. The predicted molar refractivity (Wildman–Crippen MR) is 57.4 cm³/mol. The van der Waals surface area contributed by atoms with Crippen molar-refractivity contribution < 1.29 is 0 Å². The number of benzene rings is 1. The van der Waals surface area contributed by atoms with E-state index in [9.17, 15) is 4.91 Å². The van der Waals surface area contributed by atoms with E-state index in [2.05, 4.69) is 18.2 Å². The van der Waals surface area contributed by atoms with E-state index >= 15 is 0 Å². The Morgan fingerprint density at radius 2 is 2.14 bits per heavy atom. The zero-order chi connectivity index (χ0) is 10.1. The molecule has 74 valence electrons. The standard InChI is InChI=1S/C12H15NO/c1-8-11(9(2)13-14)4-3-5-12(8)10-6-7-10/h3-5,9-10H,6-7H2,1-2H3. The van der Waals surface area contributed by atoms with E-state index in [0.29, 0.717) is 0 Å². The summed E-state index contributed by atoms with van der Waals surface area (Å²) in [5, 5.41) is 3.09. The molecule has 0 aromatic heterocycles. The number of nitrogens with zero attached hydrogens (tertiary/aromatic N) is 1. The molecule has 1 saturated carbocycles. The van der Waals surface area contributed by atoms with E-state index in [4.69, 9.17) is 0 Å².